The quantitative estimate of drug-likeness (QED) is 0.844. The van der Waals surface area contributed by atoms with Crippen LogP contribution in [0.4, 0.5) is 0 Å². The SMILES string of the molecule is Cc1ccc(S(=O)(=O)N(C)CC(=O)N[C@@H](C)[C@@H]2C[C@@H]3CC[C@@H]2C3)cc1. The van der Waals surface area contributed by atoms with E-state index in [-0.39, 0.29) is 23.4 Å². The van der Waals surface area contributed by atoms with Gasteiger partial charge in [-0.25, -0.2) is 8.42 Å². The summed E-state index contributed by atoms with van der Waals surface area (Å²) in [5.41, 5.74) is 0.999. The molecule has 4 atom stereocenters. The summed E-state index contributed by atoms with van der Waals surface area (Å²) in [7, 11) is -2.19. The molecule has 2 aliphatic rings. The first-order chi connectivity index (χ1) is 11.8. The molecule has 1 aromatic rings. The lowest BCUT2D eigenvalue weighted by Crippen LogP contribution is -2.45. The van der Waals surface area contributed by atoms with E-state index in [1.165, 1.54) is 32.7 Å². The molecule has 0 spiro atoms. The molecule has 0 saturated heterocycles. The van der Waals surface area contributed by atoms with E-state index in [9.17, 15) is 13.2 Å². The molecule has 6 heteroatoms. The molecule has 0 heterocycles. The van der Waals surface area contributed by atoms with Crippen LogP contribution < -0.4 is 5.32 Å². The minimum atomic E-state index is -3.64. The maximum atomic E-state index is 12.6. The summed E-state index contributed by atoms with van der Waals surface area (Å²) in [6, 6.07) is 6.79. The molecule has 25 heavy (non-hydrogen) atoms. The molecule has 138 valence electrons. The summed E-state index contributed by atoms with van der Waals surface area (Å²) >= 11 is 0. The molecular weight excluding hydrogens is 336 g/mol. The fourth-order valence-electron chi connectivity index (χ4n) is 4.49. The molecule has 2 fully saturated rings. The molecule has 0 aliphatic heterocycles. The van der Waals surface area contributed by atoms with E-state index in [1.807, 2.05) is 6.92 Å². The van der Waals surface area contributed by atoms with E-state index in [0.717, 1.165) is 21.7 Å². The zero-order chi connectivity index (χ0) is 18.2. The predicted molar refractivity (Wildman–Crippen MR) is 97.5 cm³/mol. The molecule has 1 aromatic carbocycles. The summed E-state index contributed by atoms with van der Waals surface area (Å²) in [5.74, 6) is 1.88. The number of carbonyl (C=O) groups is 1. The Hall–Kier alpha value is -1.40. The Balaban J connectivity index is 1.57. The molecule has 0 radical (unpaired) electrons. The van der Waals surface area contributed by atoms with Crippen molar-refractivity contribution in [1.29, 1.82) is 0 Å². The average molecular weight is 365 g/mol. The van der Waals surface area contributed by atoms with E-state index in [1.54, 1.807) is 24.3 Å². The van der Waals surface area contributed by atoms with Crippen LogP contribution in [0.3, 0.4) is 0 Å². The number of sulfonamides is 1. The van der Waals surface area contributed by atoms with E-state index in [0.29, 0.717) is 5.92 Å². The first kappa shape index (κ1) is 18.4. The highest BCUT2D eigenvalue weighted by Gasteiger charge is 2.42. The highest BCUT2D eigenvalue weighted by Crippen LogP contribution is 2.49. The molecule has 3 rings (SSSR count). The maximum absolute atomic E-state index is 12.6. The number of rotatable bonds is 6. The third-order valence-electron chi connectivity index (χ3n) is 5.92. The molecule has 1 N–H and O–H groups in total. The van der Waals surface area contributed by atoms with Gasteiger partial charge >= 0.3 is 0 Å². The molecular formula is C19H28N2O3S. The highest BCUT2D eigenvalue weighted by atomic mass is 32.2. The van der Waals surface area contributed by atoms with Crippen LogP contribution in [0.1, 0.15) is 38.2 Å². The molecule has 2 aliphatic carbocycles. The standard InChI is InChI=1S/C19H28N2O3S/c1-13-4-8-17(9-5-13)25(23,24)21(3)12-19(22)20-14(2)18-11-15-6-7-16(18)10-15/h4-5,8-9,14-16,18H,6-7,10-12H2,1-3H3,(H,20,22)/t14-,15+,16+,18-/m0/s1. The number of fused-ring (bicyclic) bond motifs is 2. The van der Waals surface area contributed by atoms with E-state index in [2.05, 4.69) is 12.2 Å². The van der Waals surface area contributed by atoms with Gasteiger partial charge in [0.25, 0.3) is 0 Å². The number of amides is 1. The lowest BCUT2D eigenvalue weighted by molar-refractivity contribution is -0.122. The van der Waals surface area contributed by atoms with Crippen LogP contribution in [-0.4, -0.2) is 38.3 Å². The number of hydrogen-bond acceptors (Lipinski definition) is 3. The van der Waals surface area contributed by atoms with Crippen molar-refractivity contribution in [2.24, 2.45) is 17.8 Å². The van der Waals surface area contributed by atoms with Crippen molar-refractivity contribution < 1.29 is 13.2 Å². The number of benzene rings is 1. The van der Waals surface area contributed by atoms with Gasteiger partial charge in [-0.1, -0.05) is 24.1 Å². The van der Waals surface area contributed by atoms with Crippen LogP contribution in [0, 0.1) is 24.7 Å². The first-order valence-corrected chi connectivity index (χ1v) is 10.5. The van der Waals surface area contributed by atoms with Crippen LogP contribution >= 0.6 is 0 Å². The minimum Gasteiger partial charge on any atom is -0.352 e. The second kappa shape index (κ2) is 7.08. The van der Waals surface area contributed by atoms with E-state index in [4.69, 9.17) is 0 Å². The summed E-state index contributed by atoms with van der Waals surface area (Å²) in [6.07, 6.45) is 5.10. The number of carbonyl (C=O) groups excluding carboxylic acids is 1. The second-order valence-electron chi connectivity index (χ2n) is 7.77. The van der Waals surface area contributed by atoms with Gasteiger partial charge in [-0.2, -0.15) is 4.31 Å². The van der Waals surface area contributed by atoms with Crippen LogP contribution in [-0.2, 0) is 14.8 Å². The second-order valence-corrected chi connectivity index (χ2v) is 9.81. The number of likely N-dealkylation sites (N-methyl/N-ethyl adjacent to an activating group) is 1. The molecule has 2 saturated carbocycles. The van der Waals surface area contributed by atoms with Crippen molar-refractivity contribution in [2.75, 3.05) is 13.6 Å². The van der Waals surface area contributed by atoms with Gasteiger partial charge in [0.2, 0.25) is 15.9 Å². The summed E-state index contributed by atoms with van der Waals surface area (Å²) in [5, 5.41) is 3.03. The first-order valence-electron chi connectivity index (χ1n) is 9.09. The van der Waals surface area contributed by atoms with Crippen molar-refractivity contribution in [3.63, 3.8) is 0 Å². The lowest BCUT2D eigenvalue weighted by atomic mass is 9.84. The van der Waals surface area contributed by atoms with Crippen molar-refractivity contribution in [2.45, 2.75) is 50.5 Å². The number of nitrogens with zero attached hydrogens (tertiary/aromatic N) is 1. The fraction of sp³-hybridized carbons (Fsp3) is 0.632. The molecule has 2 bridgehead atoms. The van der Waals surface area contributed by atoms with Crippen LogP contribution in [0.5, 0.6) is 0 Å². The van der Waals surface area contributed by atoms with Gasteiger partial charge in [0.1, 0.15) is 0 Å². The topological polar surface area (TPSA) is 66.5 Å². The van der Waals surface area contributed by atoms with Gasteiger partial charge < -0.3 is 5.32 Å². The van der Waals surface area contributed by atoms with Gasteiger partial charge in [0.05, 0.1) is 11.4 Å². The lowest BCUT2D eigenvalue weighted by Gasteiger charge is -2.29. The van der Waals surface area contributed by atoms with Crippen molar-refractivity contribution >= 4 is 15.9 Å². The van der Waals surface area contributed by atoms with Crippen LogP contribution in [0.25, 0.3) is 0 Å². The Morgan fingerprint density at radius 3 is 2.48 bits per heavy atom. The largest absolute Gasteiger partial charge is 0.352 e. The van der Waals surface area contributed by atoms with Crippen LogP contribution in [0.15, 0.2) is 29.2 Å². The Morgan fingerprint density at radius 1 is 1.24 bits per heavy atom. The highest BCUT2D eigenvalue weighted by molar-refractivity contribution is 7.89. The molecule has 1 amide bonds. The Kier molecular flexibility index (Phi) is 5.21. The Labute approximate surface area is 150 Å². The van der Waals surface area contributed by atoms with Crippen molar-refractivity contribution in [3.05, 3.63) is 29.8 Å². The Bertz CT molecular complexity index is 730. The average Bonchev–Trinajstić information content (AvgIpc) is 3.18. The summed E-state index contributed by atoms with van der Waals surface area (Å²) in [4.78, 5) is 12.6. The van der Waals surface area contributed by atoms with Crippen LogP contribution in [0.2, 0.25) is 0 Å². The third-order valence-corrected chi connectivity index (χ3v) is 7.74. The van der Waals surface area contributed by atoms with E-state index >= 15 is 0 Å². The normalized spacial score (nSPS) is 26.8. The monoisotopic (exact) mass is 364 g/mol. The summed E-state index contributed by atoms with van der Waals surface area (Å²) in [6.45, 7) is 3.81. The zero-order valence-corrected chi connectivity index (χ0v) is 16.1. The summed E-state index contributed by atoms with van der Waals surface area (Å²) < 4.78 is 26.3. The van der Waals surface area contributed by atoms with Gasteiger partial charge in [0.15, 0.2) is 0 Å². The predicted octanol–water partition coefficient (Wildman–Crippen LogP) is 2.56. The van der Waals surface area contributed by atoms with Gasteiger partial charge in [0, 0.05) is 13.1 Å². The third kappa shape index (κ3) is 3.90. The number of hydrogen-bond donors (Lipinski definition) is 1. The van der Waals surface area contributed by atoms with Gasteiger partial charge in [-0.15, -0.1) is 0 Å². The zero-order valence-electron chi connectivity index (χ0n) is 15.2. The fourth-order valence-corrected chi connectivity index (χ4v) is 5.62. The Morgan fingerprint density at radius 2 is 1.92 bits per heavy atom. The van der Waals surface area contributed by atoms with Gasteiger partial charge in [-0.3, -0.25) is 4.79 Å². The number of aryl methyl sites for hydroxylation is 1. The molecule has 0 unspecified atom stereocenters. The number of nitrogens with one attached hydrogen (secondary N) is 1. The molecule has 5 nitrogen and oxygen atoms in total. The smallest absolute Gasteiger partial charge is 0.243 e. The van der Waals surface area contributed by atoms with Crippen molar-refractivity contribution in [3.8, 4) is 0 Å². The molecule has 0 aromatic heterocycles. The van der Waals surface area contributed by atoms with Crippen molar-refractivity contribution in [1.82, 2.24) is 9.62 Å². The van der Waals surface area contributed by atoms with E-state index < -0.39 is 10.0 Å². The minimum absolute atomic E-state index is 0.110. The van der Waals surface area contributed by atoms with Gasteiger partial charge in [-0.05, 0) is 63.0 Å². The maximum Gasteiger partial charge on any atom is 0.243 e.